The molecule has 0 aromatic heterocycles. The Bertz CT molecular complexity index is 1260. The van der Waals surface area contributed by atoms with Crippen molar-refractivity contribution < 1.29 is 23.9 Å². The second-order valence-corrected chi connectivity index (χ2v) is 8.34. The lowest BCUT2D eigenvalue weighted by Gasteiger charge is -2.14. The van der Waals surface area contributed by atoms with E-state index in [0.717, 1.165) is 12.8 Å². The number of para-hydroxylation sites is 2. The minimum absolute atomic E-state index is 0.195. The van der Waals surface area contributed by atoms with Crippen molar-refractivity contribution in [2.75, 3.05) is 24.4 Å². The van der Waals surface area contributed by atoms with Crippen LogP contribution in [0.15, 0.2) is 66.7 Å². The van der Waals surface area contributed by atoms with Crippen molar-refractivity contribution in [1.82, 2.24) is 5.32 Å². The monoisotopic (exact) mass is 493 g/mol. The number of benzene rings is 3. The van der Waals surface area contributed by atoms with Gasteiger partial charge in [0.25, 0.3) is 17.7 Å². The molecule has 1 aliphatic carbocycles. The van der Waals surface area contributed by atoms with E-state index < -0.39 is 11.8 Å². The van der Waals surface area contributed by atoms with Crippen molar-refractivity contribution in [1.29, 1.82) is 0 Å². The molecule has 3 amide bonds. The fourth-order valence-electron chi connectivity index (χ4n) is 3.34. The lowest BCUT2D eigenvalue weighted by molar-refractivity contribution is -0.118. The Balaban J connectivity index is 1.41. The summed E-state index contributed by atoms with van der Waals surface area (Å²) < 4.78 is 10.7. The first kappa shape index (κ1) is 24.1. The molecular formula is C26H24ClN3O5. The lowest BCUT2D eigenvalue weighted by atomic mass is 10.1. The van der Waals surface area contributed by atoms with Gasteiger partial charge < -0.3 is 25.4 Å². The third-order valence-electron chi connectivity index (χ3n) is 5.26. The van der Waals surface area contributed by atoms with Crippen LogP contribution >= 0.6 is 11.6 Å². The zero-order valence-electron chi connectivity index (χ0n) is 19.0. The van der Waals surface area contributed by atoms with Gasteiger partial charge in [-0.25, -0.2) is 0 Å². The number of rotatable bonds is 9. The van der Waals surface area contributed by atoms with Crippen LogP contribution in [0, 0.1) is 0 Å². The van der Waals surface area contributed by atoms with Gasteiger partial charge in [-0.3, -0.25) is 14.4 Å². The highest BCUT2D eigenvalue weighted by atomic mass is 35.5. The maximum absolute atomic E-state index is 13.0. The molecular weight excluding hydrogens is 470 g/mol. The number of ether oxygens (including phenoxy) is 2. The minimum Gasteiger partial charge on any atom is -0.495 e. The van der Waals surface area contributed by atoms with Gasteiger partial charge in [-0.05, 0) is 55.3 Å². The summed E-state index contributed by atoms with van der Waals surface area (Å²) in [7, 11) is 1.50. The highest BCUT2D eigenvalue weighted by molar-refractivity contribution is 6.32. The fraction of sp³-hybridized carbons (Fsp3) is 0.192. The predicted molar refractivity (Wildman–Crippen MR) is 133 cm³/mol. The summed E-state index contributed by atoms with van der Waals surface area (Å²) in [5, 5.41) is 8.75. The summed E-state index contributed by atoms with van der Waals surface area (Å²) >= 11 is 6.09. The number of carbonyl (C=O) groups excluding carboxylic acids is 3. The van der Waals surface area contributed by atoms with Crippen LogP contribution in [0.2, 0.25) is 5.02 Å². The molecule has 4 rings (SSSR count). The highest BCUT2D eigenvalue weighted by Gasteiger charge is 2.25. The Morgan fingerprint density at radius 3 is 2.31 bits per heavy atom. The summed E-state index contributed by atoms with van der Waals surface area (Å²) in [6.07, 6.45) is 1.92. The molecule has 0 radical (unpaired) electrons. The van der Waals surface area contributed by atoms with Gasteiger partial charge in [0, 0.05) is 11.7 Å². The van der Waals surface area contributed by atoms with E-state index in [9.17, 15) is 14.4 Å². The SMILES string of the molecule is COc1ccc(NC(=O)COc2ccccc2C(=O)Nc2ccccc2C(=O)NC2CC2)cc1Cl. The summed E-state index contributed by atoms with van der Waals surface area (Å²) in [5.74, 6) is -0.401. The average molecular weight is 494 g/mol. The molecule has 0 saturated heterocycles. The topological polar surface area (TPSA) is 106 Å². The number of amides is 3. The Labute approximate surface area is 207 Å². The molecule has 0 spiro atoms. The molecule has 3 N–H and O–H groups in total. The van der Waals surface area contributed by atoms with Gasteiger partial charge in [-0.2, -0.15) is 0 Å². The molecule has 1 aliphatic rings. The maximum Gasteiger partial charge on any atom is 0.262 e. The van der Waals surface area contributed by atoms with Gasteiger partial charge in [0.2, 0.25) is 0 Å². The summed E-state index contributed by atoms with van der Waals surface area (Å²) in [6.45, 7) is -0.325. The molecule has 3 aromatic rings. The van der Waals surface area contributed by atoms with Crippen LogP contribution in [0.4, 0.5) is 11.4 Å². The van der Waals surface area contributed by atoms with Crippen molar-refractivity contribution in [3.05, 3.63) is 82.9 Å². The third kappa shape index (κ3) is 6.30. The Morgan fingerprint density at radius 1 is 0.886 bits per heavy atom. The first-order valence-corrected chi connectivity index (χ1v) is 11.4. The lowest BCUT2D eigenvalue weighted by Crippen LogP contribution is -2.27. The van der Waals surface area contributed by atoms with Crippen LogP contribution in [-0.4, -0.2) is 37.5 Å². The maximum atomic E-state index is 13.0. The summed E-state index contributed by atoms with van der Waals surface area (Å²) in [4.78, 5) is 37.9. The molecule has 1 saturated carbocycles. The van der Waals surface area contributed by atoms with E-state index >= 15 is 0 Å². The smallest absolute Gasteiger partial charge is 0.262 e. The number of nitrogens with one attached hydrogen (secondary N) is 3. The average Bonchev–Trinajstić information content (AvgIpc) is 3.67. The van der Waals surface area contributed by atoms with E-state index in [0.29, 0.717) is 27.7 Å². The minimum atomic E-state index is -0.463. The second-order valence-electron chi connectivity index (χ2n) is 7.93. The number of hydrogen-bond donors (Lipinski definition) is 3. The molecule has 0 bridgehead atoms. The van der Waals surface area contributed by atoms with Crippen LogP contribution in [0.25, 0.3) is 0 Å². The van der Waals surface area contributed by atoms with Gasteiger partial charge in [0.1, 0.15) is 11.5 Å². The van der Waals surface area contributed by atoms with E-state index in [2.05, 4.69) is 16.0 Å². The van der Waals surface area contributed by atoms with Crippen molar-refractivity contribution in [3.8, 4) is 11.5 Å². The molecule has 8 nitrogen and oxygen atoms in total. The summed E-state index contributed by atoms with van der Waals surface area (Å²) in [6, 6.07) is 18.4. The zero-order chi connectivity index (χ0) is 24.8. The first-order valence-electron chi connectivity index (χ1n) is 11.0. The molecule has 180 valence electrons. The Hall–Kier alpha value is -4.04. The summed E-state index contributed by atoms with van der Waals surface area (Å²) in [5.41, 5.74) is 1.48. The largest absolute Gasteiger partial charge is 0.495 e. The first-order chi connectivity index (χ1) is 16.9. The van der Waals surface area contributed by atoms with Crippen molar-refractivity contribution in [3.63, 3.8) is 0 Å². The predicted octanol–water partition coefficient (Wildman–Crippen LogP) is 4.51. The number of anilines is 2. The van der Waals surface area contributed by atoms with Crippen LogP contribution in [0.1, 0.15) is 33.6 Å². The fourth-order valence-corrected chi connectivity index (χ4v) is 3.59. The molecule has 0 aliphatic heterocycles. The molecule has 0 unspecified atom stereocenters. The number of carbonyl (C=O) groups is 3. The van der Waals surface area contributed by atoms with Crippen molar-refractivity contribution in [2.45, 2.75) is 18.9 Å². The second kappa shape index (κ2) is 10.9. The van der Waals surface area contributed by atoms with E-state index in [1.807, 2.05) is 0 Å². The third-order valence-corrected chi connectivity index (χ3v) is 5.55. The van der Waals surface area contributed by atoms with Gasteiger partial charge in [0.15, 0.2) is 6.61 Å². The van der Waals surface area contributed by atoms with Crippen molar-refractivity contribution >= 4 is 40.7 Å². The van der Waals surface area contributed by atoms with Crippen LogP contribution in [0.3, 0.4) is 0 Å². The number of methoxy groups -OCH3 is 1. The van der Waals surface area contributed by atoms with E-state index in [1.54, 1.807) is 66.7 Å². The molecule has 0 heterocycles. The molecule has 9 heteroatoms. The standard InChI is InChI=1S/C26H24ClN3O5/c1-34-23-13-12-17(14-20(23)27)28-24(31)15-35-22-9-5-3-7-19(22)26(33)30-21-8-4-2-6-18(21)25(32)29-16-10-11-16/h2-9,12-14,16H,10-11,15H2,1H3,(H,28,31)(H,29,32)(H,30,33). The molecule has 35 heavy (non-hydrogen) atoms. The quantitative estimate of drug-likeness (QED) is 0.406. The Morgan fingerprint density at radius 2 is 1.60 bits per heavy atom. The van der Waals surface area contributed by atoms with Crippen LogP contribution in [-0.2, 0) is 4.79 Å². The van der Waals surface area contributed by atoms with Gasteiger partial charge >= 0.3 is 0 Å². The molecule has 3 aromatic carbocycles. The molecule has 0 atom stereocenters. The number of hydrogen-bond acceptors (Lipinski definition) is 5. The zero-order valence-corrected chi connectivity index (χ0v) is 19.7. The highest BCUT2D eigenvalue weighted by Crippen LogP contribution is 2.27. The van der Waals surface area contributed by atoms with Gasteiger partial charge in [0.05, 0.1) is 28.9 Å². The van der Waals surface area contributed by atoms with Crippen LogP contribution < -0.4 is 25.4 Å². The van der Waals surface area contributed by atoms with Gasteiger partial charge in [-0.15, -0.1) is 0 Å². The van der Waals surface area contributed by atoms with Gasteiger partial charge in [-0.1, -0.05) is 35.9 Å². The van der Waals surface area contributed by atoms with E-state index in [1.165, 1.54) is 7.11 Å². The van der Waals surface area contributed by atoms with E-state index in [-0.39, 0.29) is 29.9 Å². The van der Waals surface area contributed by atoms with Crippen LogP contribution in [0.5, 0.6) is 11.5 Å². The molecule has 1 fully saturated rings. The van der Waals surface area contributed by atoms with Crippen molar-refractivity contribution in [2.24, 2.45) is 0 Å². The Kier molecular flexibility index (Phi) is 7.52. The van der Waals surface area contributed by atoms with E-state index in [4.69, 9.17) is 21.1 Å². The normalized spacial score (nSPS) is 12.4. The number of halogens is 1.